The molecule has 0 spiro atoms. The van der Waals surface area contributed by atoms with Crippen molar-refractivity contribution in [2.75, 3.05) is 11.4 Å². The van der Waals surface area contributed by atoms with Crippen LogP contribution in [0.5, 0.6) is 0 Å². The maximum atomic E-state index is 12.5. The Morgan fingerprint density at radius 2 is 2.00 bits per heavy atom. The third-order valence-electron chi connectivity index (χ3n) is 3.42. The summed E-state index contributed by atoms with van der Waals surface area (Å²) in [6.07, 6.45) is 1.54. The summed E-state index contributed by atoms with van der Waals surface area (Å²) >= 11 is 0. The number of Topliss-reactive ketones (excluding diaryl/α,β-unsaturated/α-hetero) is 1. The molecule has 1 aromatic rings. The number of nitrogens with zero attached hydrogens (tertiary/aromatic N) is 1. The second kappa shape index (κ2) is 3.68. The van der Waals surface area contributed by atoms with Gasteiger partial charge >= 0.3 is 0 Å². The van der Waals surface area contributed by atoms with E-state index in [1.165, 1.54) is 6.92 Å². The molecule has 3 rings (SSSR count). The molecular weight excluding hydrogens is 250 g/mol. The number of hydrogen-bond donors (Lipinski definition) is 0. The van der Waals surface area contributed by atoms with Gasteiger partial charge in [0.15, 0.2) is 5.78 Å². The normalized spacial score (nSPS) is 20.6. The van der Waals surface area contributed by atoms with Crippen LogP contribution in [0.25, 0.3) is 0 Å². The smallest absolute Gasteiger partial charge is 0.213 e. The first kappa shape index (κ1) is 11.5. The predicted molar refractivity (Wildman–Crippen MR) is 67.9 cm³/mol. The Morgan fingerprint density at radius 3 is 2.72 bits per heavy atom. The van der Waals surface area contributed by atoms with Crippen LogP contribution in [0, 0.1) is 0 Å². The molecule has 1 aromatic carbocycles. The summed E-state index contributed by atoms with van der Waals surface area (Å²) in [6, 6.07) is 6.89. The number of fused-ring (bicyclic) bond motifs is 3. The highest BCUT2D eigenvalue weighted by atomic mass is 32.2. The average molecular weight is 263 g/mol. The van der Waals surface area contributed by atoms with Gasteiger partial charge in [-0.15, -0.1) is 0 Å². The van der Waals surface area contributed by atoms with Crippen molar-refractivity contribution in [3.63, 3.8) is 0 Å². The van der Waals surface area contributed by atoms with Gasteiger partial charge in [0.2, 0.25) is 9.84 Å². The number of carbonyl (C=O) groups excluding carboxylic acids is 1. The zero-order valence-electron chi connectivity index (χ0n) is 10.0. The van der Waals surface area contributed by atoms with E-state index < -0.39 is 9.84 Å². The fraction of sp³-hybridized carbons (Fsp3) is 0.308. The van der Waals surface area contributed by atoms with E-state index in [0.29, 0.717) is 17.8 Å². The minimum absolute atomic E-state index is 0.0151. The lowest BCUT2D eigenvalue weighted by molar-refractivity contribution is -0.113. The second-order valence-electron chi connectivity index (χ2n) is 4.56. The molecule has 4 nitrogen and oxygen atoms in total. The topological polar surface area (TPSA) is 54.5 Å². The molecule has 0 aliphatic carbocycles. The molecule has 0 saturated carbocycles. The Bertz CT molecular complexity index is 673. The summed E-state index contributed by atoms with van der Waals surface area (Å²) < 4.78 is 25.0. The molecular formula is C13H13NO3S. The summed E-state index contributed by atoms with van der Waals surface area (Å²) in [6.45, 7) is 2.10. The van der Waals surface area contributed by atoms with Gasteiger partial charge in [-0.25, -0.2) is 8.42 Å². The van der Waals surface area contributed by atoms with Crippen LogP contribution in [0.4, 0.5) is 5.69 Å². The molecule has 2 heterocycles. The van der Waals surface area contributed by atoms with Crippen molar-refractivity contribution < 1.29 is 13.2 Å². The van der Waals surface area contributed by atoms with Crippen LogP contribution in [0.2, 0.25) is 0 Å². The molecule has 0 aromatic heterocycles. The molecule has 0 radical (unpaired) electrons. The van der Waals surface area contributed by atoms with E-state index in [-0.39, 0.29) is 15.6 Å². The van der Waals surface area contributed by atoms with Crippen molar-refractivity contribution in [3.05, 3.63) is 34.9 Å². The molecule has 0 bridgehead atoms. The van der Waals surface area contributed by atoms with Crippen molar-refractivity contribution in [2.24, 2.45) is 0 Å². The van der Waals surface area contributed by atoms with Gasteiger partial charge in [-0.1, -0.05) is 12.1 Å². The van der Waals surface area contributed by atoms with E-state index in [1.807, 2.05) is 11.0 Å². The number of benzene rings is 1. The molecule has 0 amide bonds. The number of allylic oxidation sites excluding steroid dienone is 2. The Hall–Kier alpha value is -1.62. The lowest BCUT2D eigenvalue weighted by atomic mass is 10.2. The van der Waals surface area contributed by atoms with Crippen LogP contribution in [0.15, 0.2) is 39.8 Å². The number of rotatable bonds is 1. The quantitative estimate of drug-likeness (QED) is 0.776. The third-order valence-corrected chi connectivity index (χ3v) is 5.40. The first-order valence-electron chi connectivity index (χ1n) is 5.89. The van der Waals surface area contributed by atoms with Gasteiger partial charge in [0.25, 0.3) is 0 Å². The number of anilines is 1. The lowest BCUT2D eigenvalue weighted by Crippen LogP contribution is -2.29. The van der Waals surface area contributed by atoms with E-state index in [9.17, 15) is 13.2 Å². The zero-order chi connectivity index (χ0) is 12.9. The Labute approximate surface area is 106 Å². The van der Waals surface area contributed by atoms with Gasteiger partial charge in [-0.2, -0.15) is 0 Å². The third kappa shape index (κ3) is 1.37. The number of hydrogen-bond acceptors (Lipinski definition) is 4. The second-order valence-corrected chi connectivity index (χ2v) is 6.41. The van der Waals surface area contributed by atoms with Crippen molar-refractivity contribution in [1.82, 2.24) is 0 Å². The maximum absolute atomic E-state index is 12.5. The average Bonchev–Trinajstić information content (AvgIpc) is 2.77. The summed E-state index contributed by atoms with van der Waals surface area (Å²) in [7, 11) is -3.65. The molecule has 2 aliphatic heterocycles. The summed E-state index contributed by atoms with van der Waals surface area (Å²) in [5.41, 5.74) is 1.37. The van der Waals surface area contributed by atoms with Crippen LogP contribution in [0.1, 0.15) is 19.8 Å². The number of ketones is 1. The number of sulfone groups is 1. The van der Waals surface area contributed by atoms with Crippen molar-refractivity contribution in [3.8, 4) is 0 Å². The first-order valence-corrected chi connectivity index (χ1v) is 7.37. The largest absolute Gasteiger partial charge is 0.343 e. The van der Waals surface area contributed by atoms with Crippen molar-refractivity contribution in [1.29, 1.82) is 0 Å². The molecule has 0 atom stereocenters. The summed E-state index contributed by atoms with van der Waals surface area (Å²) in [5.74, 6) is -0.369. The fourth-order valence-electron chi connectivity index (χ4n) is 2.74. The molecule has 2 aliphatic rings. The molecule has 5 heteroatoms. The number of para-hydroxylation sites is 1. The van der Waals surface area contributed by atoms with Crippen LogP contribution in [-0.4, -0.2) is 20.7 Å². The highest BCUT2D eigenvalue weighted by molar-refractivity contribution is 7.96. The van der Waals surface area contributed by atoms with Gasteiger partial charge in [0.05, 0.1) is 10.6 Å². The first-order chi connectivity index (χ1) is 8.53. The van der Waals surface area contributed by atoms with Crippen molar-refractivity contribution >= 4 is 21.3 Å². The molecule has 94 valence electrons. The van der Waals surface area contributed by atoms with E-state index in [2.05, 4.69) is 0 Å². The van der Waals surface area contributed by atoms with Crippen LogP contribution in [0.3, 0.4) is 0 Å². The van der Waals surface area contributed by atoms with E-state index >= 15 is 0 Å². The Morgan fingerprint density at radius 1 is 1.28 bits per heavy atom. The highest BCUT2D eigenvalue weighted by Gasteiger charge is 2.39. The molecule has 18 heavy (non-hydrogen) atoms. The van der Waals surface area contributed by atoms with Gasteiger partial charge in [0.1, 0.15) is 4.91 Å². The Balaban J connectivity index is 2.38. The summed E-state index contributed by atoms with van der Waals surface area (Å²) in [4.78, 5) is 13.9. The van der Waals surface area contributed by atoms with Crippen LogP contribution < -0.4 is 4.90 Å². The molecule has 0 N–H and O–H groups in total. The molecule has 0 unspecified atom stereocenters. The summed E-state index contributed by atoms with van der Waals surface area (Å²) in [5, 5.41) is 0. The van der Waals surface area contributed by atoms with E-state index in [0.717, 1.165) is 13.0 Å². The van der Waals surface area contributed by atoms with Crippen LogP contribution >= 0.6 is 0 Å². The van der Waals surface area contributed by atoms with Gasteiger partial charge < -0.3 is 4.90 Å². The lowest BCUT2D eigenvalue weighted by Gasteiger charge is -2.29. The maximum Gasteiger partial charge on any atom is 0.213 e. The van der Waals surface area contributed by atoms with E-state index in [1.54, 1.807) is 18.2 Å². The van der Waals surface area contributed by atoms with Crippen molar-refractivity contribution in [2.45, 2.75) is 24.7 Å². The Kier molecular flexibility index (Phi) is 2.35. The van der Waals surface area contributed by atoms with Gasteiger partial charge in [-0.3, -0.25) is 4.79 Å². The van der Waals surface area contributed by atoms with E-state index in [4.69, 9.17) is 0 Å². The minimum atomic E-state index is -3.65. The highest BCUT2D eigenvalue weighted by Crippen LogP contribution is 2.43. The van der Waals surface area contributed by atoms with Gasteiger partial charge in [-0.05, 0) is 31.9 Å². The molecule has 1 fully saturated rings. The SMILES string of the molecule is CC(=O)C1=C2CCCN2c2ccccc2S1(=O)=O. The zero-order valence-corrected chi connectivity index (χ0v) is 10.8. The standard InChI is InChI=1S/C13H13NO3S/c1-9(15)13-11-6-4-8-14(11)10-5-2-3-7-12(10)18(13,16)17/h2-3,5,7H,4,6,8H2,1H3. The number of carbonyl (C=O) groups is 1. The van der Waals surface area contributed by atoms with Crippen LogP contribution in [-0.2, 0) is 14.6 Å². The molecule has 1 saturated heterocycles. The monoisotopic (exact) mass is 263 g/mol. The predicted octanol–water partition coefficient (Wildman–Crippen LogP) is 1.87. The minimum Gasteiger partial charge on any atom is -0.343 e. The fourth-order valence-corrected chi connectivity index (χ4v) is 4.57. The van der Waals surface area contributed by atoms with Gasteiger partial charge in [0, 0.05) is 12.2 Å².